The fourth-order valence-corrected chi connectivity index (χ4v) is 3.68. The summed E-state index contributed by atoms with van der Waals surface area (Å²) in [5.74, 6) is -0.496. The Morgan fingerprint density at radius 3 is 1.91 bits per heavy atom. The van der Waals surface area contributed by atoms with Crippen LogP contribution in [-0.4, -0.2) is 0 Å². The molecule has 0 radical (unpaired) electrons. The van der Waals surface area contributed by atoms with Gasteiger partial charge < -0.3 is 0 Å². The van der Waals surface area contributed by atoms with Gasteiger partial charge in [-0.3, -0.25) is 0 Å². The van der Waals surface area contributed by atoms with Crippen LogP contribution in [-0.2, 0) is 5.41 Å². The van der Waals surface area contributed by atoms with Crippen molar-refractivity contribution >= 4 is 27.5 Å². The summed E-state index contributed by atoms with van der Waals surface area (Å²) < 4.78 is 0.899. The molecule has 1 fully saturated rings. The smallest absolute Gasteiger partial charge is 0.175 e. The summed E-state index contributed by atoms with van der Waals surface area (Å²) in [7, 11) is 0. The van der Waals surface area contributed by atoms with Crippen LogP contribution < -0.4 is 0 Å². The Morgan fingerprint density at radius 1 is 0.870 bits per heavy atom. The van der Waals surface area contributed by atoms with Crippen molar-refractivity contribution in [3.63, 3.8) is 0 Å². The third kappa shape index (κ3) is 1.98. The Morgan fingerprint density at radius 2 is 1.43 bits per heavy atom. The Balaban J connectivity index is 2.21. The highest BCUT2D eigenvalue weighted by Gasteiger charge is 2.81. The van der Waals surface area contributed by atoms with Crippen LogP contribution >= 0.6 is 27.5 Å². The van der Waals surface area contributed by atoms with Crippen LogP contribution in [0.2, 0.25) is 5.02 Å². The van der Waals surface area contributed by atoms with Gasteiger partial charge in [0, 0.05) is 15.4 Å². The SMILES string of the molecule is N#CC1(C#N)[C@@H](c2ccc(Br)cc2)[C@@]1(C#N)c1ccc(Cl)cc1. The second-order valence-corrected chi connectivity index (χ2v) is 6.80. The maximum atomic E-state index is 9.87. The molecule has 1 saturated carbocycles. The molecule has 0 aromatic heterocycles. The lowest BCUT2D eigenvalue weighted by Gasteiger charge is -2.10. The molecule has 1 aliphatic rings. The Kier molecular flexibility index (Phi) is 3.65. The molecule has 3 nitrogen and oxygen atoms in total. The van der Waals surface area contributed by atoms with Crippen LogP contribution in [0.5, 0.6) is 0 Å². The van der Waals surface area contributed by atoms with Crippen molar-refractivity contribution in [3.8, 4) is 18.2 Å². The van der Waals surface area contributed by atoms with E-state index in [4.69, 9.17) is 11.6 Å². The van der Waals surface area contributed by atoms with Crippen LogP contribution in [0.25, 0.3) is 0 Å². The molecule has 2 aromatic rings. The van der Waals surface area contributed by atoms with Gasteiger partial charge in [0.15, 0.2) is 5.41 Å². The normalized spacial score (nSPS) is 24.0. The van der Waals surface area contributed by atoms with Crippen LogP contribution in [0.15, 0.2) is 53.0 Å². The molecular formula is C18H9BrClN3. The van der Waals surface area contributed by atoms with Gasteiger partial charge in [0.2, 0.25) is 0 Å². The van der Waals surface area contributed by atoms with Crippen molar-refractivity contribution in [2.24, 2.45) is 5.41 Å². The molecule has 0 saturated heterocycles. The molecule has 0 amide bonds. The van der Waals surface area contributed by atoms with Crippen molar-refractivity contribution in [1.29, 1.82) is 15.8 Å². The fraction of sp³-hybridized carbons (Fsp3) is 0.167. The molecule has 3 rings (SSSR count). The summed E-state index contributed by atoms with van der Waals surface area (Å²) in [4.78, 5) is 0. The molecule has 5 heteroatoms. The van der Waals surface area contributed by atoms with Crippen molar-refractivity contribution in [3.05, 3.63) is 69.2 Å². The van der Waals surface area contributed by atoms with Crippen LogP contribution in [0.3, 0.4) is 0 Å². The zero-order valence-corrected chi connectivity index (χ0v) is 14.1. The highest BCUT2D eigenvalue weighted by molar-refractivity contribution is 9.10. The number of benzene rings is 2. The van der Waals surface area contributed by atoms with E-state index in [1.54, 1.807) is 24.3 Å². The average Bonchev–Trinajstić information content (AvgIpc) is 3.20. The lowest BCUT2D eigenvalue weighted by Crippen LogP contribution is -2.14. The lowest BCUT2D eigenvalue weighted by atomic mass is 9.88. The molecule has 0 bridgehead atoms. The minimum Gasteiger partial charge on any atom is -0.197 e. The number of nitriles is 3. The van der Waals surface area contributed by atoms with Gasteiger partial charge >= 0.3 is 0 Å². The summed E-state index contributed by atoms with van der Waals surface area (Å²) in [5.41, 5.74) is -1.15. The Hall–Kier alpha value is -2.32. The quantitative estimate of drug-likeness (QED) is 0.756. The highest BCUT2D eigenvalue weighted by atomic mass is 79.9. The van der Waals surface area contributed by atoms with E-state index >= 15 is 0 Å². The van der Waals surface area contributed by atoms with Crippen molar-refractivity contribution in [2.75, 3.05) is 0 Å². The molecule has 0 N–H and O–H groups in total. The molecule has 1 aliphatic carbocycles. The average molecular weight is 383 g/mol. The fourth-order valence-electron chi connectivity index (χ4n) is 3.28. The monoisotopic (exact) mass is 381 g/mol. The molecular weight excluding hydrogens is 374 g/mol. The number of nitrogens with zero attached hydrogens (tertiary/aromatic N) is 3. The topological polar surface area (TPSA) is 71.4 Å². The van der Waals surface area contributed by atoms with E-state index in [-0.39, 0.29) is 0 Å². The largest absolute Gasteiger partial charge is 0.197 e. The summed E-state index contributed by atoms with van der Waals surface area (Å²) in [6.07, 6.45) is 0. The van der Waals surface area contributed by atoms with E-state index in [0.29, 0.717) is 10.6 Å². The van der Waals surface area contributed by atoms with Gasteiger partial charge in [-0.1, -0.05) is 51.8 Å². The zero-order valence-electron chi connectivity index (χ0n) is 11.8. The van der Waals surface area contributed by atoms with Gasteiger partial charge in [-0.15, -0.1) is 0 Å². The van der Waals surface area contributed by atoms with Crippen LogP contribution in [0, 0.1) is 39.4 Å². The van der Waals surface area contributed by atoms with Gasteiger partial charge in [0.25, 0.3) is 0 Å². The Labute approximate surface area is 147 Å². The molecule has 110 valence electrons. The third-order valence-corrected chi connectivity index (χ3v) is 5.22. The predicted molar refractivity (Wildman–Crippen MR) is 89.3 cm³/mol. The molecule has 0 heterocycles. The minimum atomic E-state index is -1.40. The molecule has 23 heavy (non-hydrogen) atoms. The van der Waals surface area contributed by atoms with Crippen LogP contribution in [0.4, 0.5) is 0 Å². The lowest BCUT2D eigenvalue weighted by molar-refractivity contribution is 0.742. The molecule has 0 unspecified atom stereocenters. The first-order chi connectivity index (χ1) is 11.1. The second kappa shape index (κ2) is 5.39. The number of rotatable bonds is 2. The van der Waals surface area contributed by atoms with E-state index in [0.717, 1.165) is 10.0 Å². The summed E-state index contributed by atoms with van der Waals surface area (Å²) >= 11 is 9.28. The van der Waals surface area contributed by atoms with Gasteiger partial charge in [-0.05, 0) is 35.4 Å². The minimum absolute atomic E-state index is 0.496. The van der Waals surface area contributed by atoms with Gasteiger partial charge in [0.1, 0.15) is 5.41 Å². The first-order valence-electron chi connectivity index (χ1n) is 6.81. The van der Waals surface area contributed by atoms with Crippen LogP contribution in [0.1, 0.15) is 17.0 Å². The zero-order chi connectivity index (χ0) is 16.7. The highest BCUT2D eigenvalue weighted by Crippen LogP contribution is 2.74. The first-order valence-corrected chi connectivity index (χ1v) is 7.98. The van der Waals surface area contributed by atoms with Crippen molar-refractivity contribution in [1.82, 2.24) is 0 Å². The Bertz CT molecular complexity index is 870. The predicted octanol–water partition coefficient (Wildman–Crippen LogP) is 4.69. The molecule has 0 aliphatic heterocycles. The van der Waals surface area contributed by atoms with Crippen molar-refractivity contribution in [2.45, 2.75) is 11.3 Å². The molecule has 2 aromatic carbocycles. The van der Waals surface area contributed by atoms with E-state index in [9.17, 15) is 15.8 Å². The third-order valence-electron chi connectivity index (χ3n) is 4.44. The summed E-state index contributed by atoms with van der Waals surface area (Å²) in [6.45, 7) is 0. The van der Waals surface area contributed by atoms with Gasteiger partial charge in [0.05, 0.1) is 18.2 Å². The van der Waals surface area contributed by atoms with Gasteiger partial charge in [-0.25, -0.2) is 0 Å². The van der Waals surface area contributed by atoms with E-state index in [1.165, 1.54) is 0 Å². The van der Waals surface area contributed by atoms with E-state index in [1.807, 2.05) is 24.3 Å². The molecule has 2 atom stereocenters. The maximum absolute atomic E-state index is 9.87. The van der Waals surface area contributed by atoms with Gasteiger partial charge in [-0.2, -0.15) is 15.8 Å². The van der Waals surface area contributed by atoms with E-state index < -0.39 is 16.7 Å². The number of hydrogen-bond acceptors (Lipinski definition) is 3. The first kappa shape index (κ1) is 15.6. The number of halogens is 2. The number of hydrogen-bond donors (Lipinski definition) is 0. The maximum Gasteiger partial charge on any atom is 0.175 e. The second-order valence-electron chi connectivity index (χ2n) is 5.44. The molecule has 0 spiro atoms. The summed E-state index contributed by atoms with van der Waals surface area (Å²) in [5, 5.41) is 29.7. The summed E-state index contributed by atoms with van der Waals surface area (Å²) in [6, 6.07) is 20.6. The van der Waals surface area contributed by atoms with Crippen molar-refractivity contribution < 1.29 is 0 Å². The standard InChI is InChI=1S/C18H9BrClN3/c19-14-5-1-12(2-6-14)16-17(9-21,10-22)18(16,11-23)13-3-7-15(20)8-4-13/h1-8,16H/t16-,18-/m1/s1. The van der Waals surface area contributed by atoms with E-state index in [2.05, 4.69) is 34.1 Å².